The second-order valence-electron chi connectivity index (χ2n) is 7.88. The van der Waals surface area contributed by atoms with E-state index in [1.807, 2.05) is 0 Å². The molecule has 136 valence electrons. The van der Waals surface area contributed by atoms with E-state index in [1.54, 1.807) is 0 Å². The summed E-state index contributed by atoms with van der Waals surface area (Å²) in [6.07, 6.45) is 4.88. The molecule has 2 heterocycles. The highest BCUT2D eigenvalue weighted by atomic mass is 15.3. The molecular weight excluding hydrogens is 308 g/mol. The zero-order valence-corrected chi connectivity index (χ0v) is 16.2. The van der Waals surface area contributed by atoms with Crippen LogP contribution in [0.3, 0.4) is 0 Å². The van der Waals surface area contributed by atoms with Crippen LogP contribution in [0.2, 0.25) is 0 Å². The van der Waals surface area contributed by atoms with E-state index in [9.17, 15) is 0 Å². The van der Waals surface area contributed by atoms with Crippen LogP contribution in [0.25, 0.3) is 10.9 Å². The zero-order chi connectivity index (χ0) is 17.8. The lowest BCUT2D eigenvalue weighted by atomic mass is 10.1. The smallest absolute Gasteiger partial charge is 0.226 e. The van der Waals surface area contributed by atoms with Gasteiger partial charge in [-0.2, -0.15) is 0 Å². The van der Waals surface area contributed by atoms with Crippen LogP contribution in [0.1, 0.15) is 50.8 Å². The van der Waals surface area contributed by atoms with E-state index in [4.69, 9.17) is 9.97 Å². The standard InChI is InChI=1S/C21H32N4/c1-15(2)9-11-22-18-6-5-12-25(13-10-18)21-23-17(4)19-8-7-16(3)14-20(19)24-21/h7-8,14-15,18,22H,5-6,9-13H2,1-4H3/t18-/m1/s1. The highest BCUT2D eigenvalue weighted by molar-refractivity contribution is 5.82. The molecular formula is C21H32N4. The van der Waals surface area contributed by atoms with Crippen molar-refractivity contribution in [3.8, 4) is 0 Å². The van der Waals surface area contributed by atoms with E-state index >= 15 is 0 Å². The van der Waals surface area contributed by atoms with Gasteiger partial charge in [0, 0.05) is 24.5 Å². The summed E-state index contributed by atoms with van der Waals surface area (Å²) in [5.41, 5.74) is 3.40. The van der Waals surface area contributed by atoms with Crippen LogP contribution in [0.15, 0.2) is 18.2 Å². The van der Waals surface area contributed by atoms with Gasteiger partial charge in [0.05, 0.1) is 11.2 Å². The van der Waals surface area contributed by atoms with Gasteiger partial charge in [-0.05, 0) is 63.6 Å². The normalized spacial score (nSPS) is 18.8. The molecule has 1 fully saturated rings. The number of nitrogens with zero attached hydrogens (tertiary/aromatic N) is 3. The van der Waals surface area contributed by atoms with Crippen molar-refractivity contribution < 1.29 is 0 Å². The first-order valence-corrected chi connectivity index (χ1v) is 9.76. The minimum Gasteiger partial charge on any atom is -0.341 e. The fourth-order valence-corrected chi connectivity index (χ4v) is 3.60. The van der Waals surface area contributed by atoms with Crippen LogP contribution >= 0.6 is 0 Å². The number of aryl methyl sites for hydroxylation is 2. The fourth-order valence-electron chi connectivity index (χ4n) is 3.60. The number of aromatic nitrogens is 2. The lowest BCUT2D eigenvalue weighted by Gasteiger charge is -2.22. The highest BCUT2D eigenvalue weighted by Gasteiger charge is 2.19. The number of hydrogen-bond acceptors (Lipinski definition) is 4. The van der Waals surface area contributed by atoms with Gasteiger partial charge in [0.2, 0.25) is 5.95 Å². The molecule has 1 aromatic heterocycles. The Morgan fingerprint density at radius 3 is 2.80 bits per heavy atom. The summed E-state index contributed by atoms with van der Waals surface area (Å²) >= 11 is 0. The number of rotatable bonds is 5. The van der Waals surface area contributed by atoms with Crippen LogP contribution in [0.4, 0.5) is 5.95 Å². The van der Waals surface area contributed by atoms with Gasteiger partial charge in [-0.1, -0.05) is 26.0 Å². The molecule has 0 bridgehead atoms. The van der Waals surface area contributed by atoms with E-state index in [2.05, 4.69) is 56.1 Å². The summed E-state index contributed by atoms with van der Waals surface area (Å²) in [4.78, 5) is 12.0. The molecule has 0 aliphatic carbocycles. The van der Waals surface area contributed by atoms with Gasteiger partial charge in [-0.3, -0.25) is 0 Å². The maximum atomic E-state index is 4.87. The van der Waals surface area contributed by atoms with Crippen molar-refractivity contribution in [1.82, 2.24) is 15.3 Å². The number of benzene rings is 1. The number of hydrogen-bond donors (Lipinski definition) is 1. The van der Waals surface area contributed by atoms with Crippen molar-refractivity contribution in [2.24, 2.45) is 5.92 Å². The Kier molecular flexibility index (Phi) is 5.89. The molecule has 1 atom stereocenters. The average Bonchev–Trinajstić information content (AvgIpc) is 2.80. The van der Waals surface area contributed by atoms with Crippen LogP contribution < -0.4 is 10.2 Å². The molecule has 1 N–H and O–H groups in total. The van der Waals surface area contributed by atoms with E-state index in [1.165, 1.54) is 31.2 Å². The van der Waals surface area contributed by atoms with Crippen LogP contribution in [-0.4, -0.2) is 35.6 Å². The maximum Gasteiger partial charge on any atom is 0.226 e. The lowest BCUT2D eigenvalue weighted by molar-refractivity contribution is 0.440. The molecule has 0 amide bonds. The Morgan fingerprint density at radius 1 is 1.16 bits per heavy atom. The van der Waals surface area contributed by atoms with Crippen molar-refractivity contribution in [2.45, 2.75) is 59.4 Å². The van der Waals surface area contributed by atoms with Gasteiger partial charge in [0.25, 0.3) is 0 Å². The number of anilines is 1. The molecule has 0 spiro atoms. The molecule has 1 aliphatic heterocycles. The Bertz CT molecular complexity index is 710. The molecule has 4 nitrogen and oxygen atoms in total. The molecule has 25 heavy (non-hydrogen) atoms. The predicted molar refractivity (Wildman–Crippen MR) is 106 cm³/mol. The predicted octanol–water partition coefficient (Wildman–Crippen LogP) is 4.24. The molecule has 0 radical (unpaired) electrons. The monoisotopic (exact) mass is 340 g/mol. The lowest BCUT2D eigenvalue weighted by Crippen LogP contribution is -2.32. The minimum absolute atomic E-state index is 0.632. The fraction of sp³-hybridized carbons (Fsp3) is 0.619. The van der Waals surface area contributed by atoms with Crippen molar-refractivity contribution in [2.75, 3.05) is 24.5 Å². The molecule has 0 unspecified atom stereocenters. The molecule has 0 saturated carbocycles. The van der Waals surface area contributed by atoms with Crippen molar-refractivity contribution in [1.29, 1.82) is 0 Å². The third-order valence-electron chi connectivity index (χ3n) is 5.20. The van der Waals surface area contributed by atoms with Gasteiger partial charge in [-0.15, -0.1) is 0 Å². The van der Waals surface area contributed by atoms with Crippen LogP contribution in [0.5, 0.6) is 0 Å². The summed E-state index contributed by atoms with van der Waals surface area (Å²) in [5, 5.41) is 4.91. The van der Waals surface area contributed by atoms with Crippen molar-refractivity contribution >= 4 is 16.9 Å². The average molecular weight is 341 g/mol. The summed E-state index contributed by atoms with van der Waals surface area (Å²) in [6, 6.07) is 7.08. The Hall–Kier alpha value is -1.68. The van der Waals surface area contributed by atoms with E-state index in [0.29, 0.717) is 6.04 Å². The second-order valence-corrected chi connectivity index (χ2v) is 7.88. The Balaban J connectivity index is 1.69. The summed E-state index contributed by atoms with van der Waals surface area (Å²) < 4.78 is 0. The van der Waals surface area contributed by atoms with E-state index in [-0.39, 0.29) is 0 Å². The maximum absolute atomic E-state index is 4.87. The van der Waals surface area contributed by atoms with Gasteiger partial charge >= 0.3 is 0 Å². The second kappa shape index (κ2) is 8.13. The minimum atomic E-state index is 0.632. The summed E-state index contributed by atoms with van der Waals surface area (Å²) in [7, 11) is 0. The number of nitrogens with one attached hydrogen (secondary N) is 1. The molecule has 4 heteroatoms. The zero-order valence-electron chi connectivity index (χ0n) is 16.2. The summed E-state index contributed by atoms with van der Waals surface area (Å²) in [6.45, 7) is 12.0. The molecule has 1 aliphatic rings. The quantitative estimate of drug-likeness (QED) is 0.884. The highest BCUT2D eigenvalue weighted by Crippen LogP contribution is 2.22. The number of fused-ring (bicyclic) bond motifs is 1. The largest absolute Gasteiger partial charge is 0.341 e. The first-order chi connectivity index (χ1) is 12.0. The molecule has 1 saturated heterocycles. The third-order valence-corrected chi connectivity index (χ3v) is 5.20. The molecule has 3 rings (SSSR count). The van der Waals surface area contributed by atoms with Gasteiger partial charge in [0.1, 0.15) is 0 Å². The van der Waals surface area contributed by atoms with Crippen molar-refractivity contribution in [3.63, 3.8) is 0 Å². The van der Waals surface area contributed by atoms with Crippen LogP contribution in [-0.2, 0) is 0 Å². The molecule has 2 aromatic rings. The van der Waals surface area contributed by atoms with Crippen molar-refractivity contribution in [3.05, 3.63) is 29.5 Å². The van der Waals surface area contributed by atoms with E-state index < -0.39 is 0 Å². The SMILES string of the molecule is Cc1ccc2c(C)nc(N3CCC[C@@H](NCCC(C)C)CC3)nc2c1. The first-order valence-electron chi connectivity index (χ1n) is 9.76. The topological polar surface area (TPSA) is 41.1 Å². The first kappa shape index (κ1) is 18.1. The van der Waals surface area contributed by atoms with E-state index in [0.717, 1.165) is 48.1 Å². The van der Waals surface area contributed by atoms with Gasteiger partial charge in [-0.25, -0.2) is 9.97 Å². The van der Waals surface area contributed by atoms with Gasteiger partial charge < -0.3 is 10.2 Å². The summed E-state index contributed by atoms with van der Waals surface area (Å²) in [5.74, 6) is 1.67. The molecule has 1 aromatic carbocycles. The Labute approximate surface area is 152 Å². The third kappa shape index (κ3) is 4.69. The Morgan fingerprint density at radius 2 is 2.00 bits per heavy atom. The van der Waals surface area contributed by atoms with Gasteiger partial charge in [0.15, 0.2) is 0 Å². The van der Waals surface area contributed by atoms with Crippen LogP contribution in [0, 0.1) is 19.8 Å².